The Balaban J connectivity index is 2.66. The second kappa shape index (κ2) is 3.68. The van der Waals surface area contributed by atoms with Crippen molar-refractivity contribution in [3.05, 3.63) is 0 Å². The van der Waals surface area contributed by atoms with Gasteiger partial charge in [0.25, 0.3) is 0 Å². The molecule has 0 aromatic rings. The van der Waals surface area contributed by atoms with Gasteiger partial charge in [-0.1, -0.05) is 0 Å². The Morgan fingerprint density at radius 2 is 1.25 bits per heavy atom. The number of nitrogens with zero attached hydrogens (tertiary/aromatic N) is 1. The quantitative estimate of drug-likeness (QED) is 0.325. The lowest BCUT2D eigenvalue weighted by molar-refractivity contribution is -0.0894. The Morgan fingerprint density at radius 1 is 0.917 bits per heavy atom. The van der Waals surface area contributed by atoms with Crippen molar-refractivity contribution >= 4 is 0 Å². The fourth-order valence-corrected chi connectivity index (χ4v) is 1.38. The first-order valence-electron chi connectivity index (χ1n) is 3.93. The molecule has 0 radical (unpaired) electrons. The van der Waals surface area contributed by atoms with Crippen molar-refractivity contribution in [3.63, 3.8) is 0 Å². The van der Waals surface area contributed by atoms with E-state index in [1.54, 1.807) is 11.9 Å². The van der Waals surface area contributed by atoms with E-state index < -0.39 is 24.4 Å². The Bertz CT molecular complexity index is 138. The monoisotopic (exact) mass is 177 g/mol. The second-order valence-electron chi connectivity index (χ2n) is 3.34. The molecule has 5 nitrogen and oxygen atoms in total. The summed E-state index contributed by atoms with van der Waals surface area (Å²) >= 11 is 0. The van der Waals surface area contributed by atoms with E-state index in [0.29, 0.717) is 0 Å². The highest BCUT2D eigenvalue weighted by Gasteiger charge is 2.34. The zero-order valence-electron chi connectivity index (χ0n) is 6.96. The van der Waals surface area contributed by atoms with E-state index >= 15 is 0 Å². The van der Waals surface area contributed by atoms with E-state index in [1.165, 1.54) is 0 Å². The van der Waals surface area contributed by atoms with Crippen LogP contribution in [0.15, 0.2) is 0 Å². The fraction of sp³-hybridized carbons (Fsp3) is 1.00. The van der Waals surface area contributed by atoms with Crippen molar-refractivity contribution in [1.29, 1.82) is 0 Å². The van der Waals surface area contributed by atoms with Crippen LogP contribution in [0.3, 0.4) is 0 Å². The summed E-state index contributed by atoms with van der Waals surface area (Å²) in [6.07, 6.45) is -4.51. The summed E-state index contributed by atoms with van der Waals surface area (Å²) in [6.45, 7) is 0.518. The Hall–Kier alpha value is -0.200. The number of likely N-dealkylation sites (N-methyl/N-ethyl adjacent to an activating group) is 1. The average Bonchev–Trinajstić information content (AvgIpc) is 2.05. The van der Waals surface area contributed by atoms with Gasteiger partial charge in [0, 0.05) is 13.1 Å². The van der Waals surface area contributed by atoms with Gasteiger partial charge >= 0.3 is 0 Å². The summed E-state index contributed by atoms with van der Waals surface area (Å²) in [5.74, 6) is 0. The molecule has 0 aromatic carbocycles. The lowest BCUT2D eigenvalue weighted by Gasteiger charge is -2.21. The molecule has 5 heteroatoms. The number of aliphatic hydroxyl groups excluding tert-OH is 4. The Labute approximate surface area is 70.9 Å². The molecule has 1 aliphatic heterocycles. The van der Waals surface area contributed by atoms with Crippen LogP contribution in [0.2, 0.25) is 0 Å². The summed E-state index contributed by atoms with van der Waals surface area (Å²) in [5.41, 5.74) is 0. The van der Waals surface area contributed by atoms with Gasteiger partial charge in [0.1, 0.15) is 12.2 Å². The first-order valence-corrected chi connectivity index (χ1v) is 3.93. The zero-order chi connectivity index (χ0) is 9.30. The van der Waals surface area contributed by atoms with E-state index in [0.717, 1.165) is 0 Å². The maximum Gasteiger partial charge on any atom is 0.110 e. The first-order chi connectivity index (χ1) is 5.52. The molecule has 0 unspecified atom stereocenters. The molecule has 1 aliphatic rings. The maximum atomic E-state index is 9.25. The van der Waals surface area contributed by atoms with E-state index in [4.69, 9.17) is 0 Å². The topological polar surface area (TPSA) is 84.2 Å². The van der Waals surface area contributed by atoms with E-state index in [9.17, 15) is 20.4 Å². The van der Waals surface area contributed by atoms with Crippen molar-refractivity contribution in [2.24, 2.45) is 0 Å². The van der Waals surface area contributed by atoms with Crippen LogP contribution in [0.1, 0.15) is 0 Å². The lowest BCUT2D eigenvalue weighted by atomic mass is 10.1. The number of aliphatic hydroxyl groups is 4. The smallest absolute Gasteiger partial charge is 0.110 e. The van der Waals surface area contributed by atoms with Crippen molar-refractivity contribution in [2.75, 3.05) is 20.1 Å². The normalized spacial score (nSPS) is 45.8. The molecule has 0 bridgehead atoms. The van der Waals surface area contributed by atoms with E-state index in [1.807, 2.05) is 0 Å². The minimum atomic E-state index is -1.26. The predicted octanol–water partition coefficient (Wildman–Crippen LogP) is -2.62. The Kier molecular flexibility index (Phi) is 3.03. The molecule has 0 aromatic heterocycles. The van der Waals surface area contributed by atoms with Gasteiger partial charge in [-0.05, 0) is 7.05 Å². The average molecular weight is 177 g/mol. The summed E-state index contributed by atoms with van der Waals surface area (Å²) in [7, 11) is 1.71. The van der Waals surface area contributed by atoms with Crippen molar-refractivity contribution in [1.82, 2.24) is 4.90 Å². The Morgan fingerprint density at radius 3 is 1.58 bits per heavy atom. The number of hydrogen-bond donors (Lipinski definition) is 4. The van der Waals surface area contributed by atoms with Crippen LogP contribution in [0, 0.1) is 0 Å². The number of hydrogen-bond acceptors (Lipinski definition) is 5. The van der Waals surface area contributed by atoms with Gasteiger partial charge < -0.3 is 25.3 Å². The van der Waals surface area contributed by atoms with Gasteiger partial charge in [-0.3, -0.25) is 0 Å². The third-order valence-corrected chi connectivity index (χ3v) is 2.14. The number of rotatable bonds is 0. The molecule has 0 spiro atoms. The van der Waals surface area contributed by atoms with Gasteiger partial charge in [-0.25, -0.2) is 0 Å². The molecular formula is C7H15NO4. The molecule has 4 atom stereocenters. The van der Waals surface area contributed by atoms with Gasteiger partial charge in [0.05, 0.1) is 12.2 Å². The fourth-order valence-electron chi connectivity index (χ4n) is 1.38. The van der Waals surface area contributed by atoms with Gasteiger partial charge in [0.2, 0.25) is 0 Å². The van der Waals surface area contributed by atoms with Crippen LogP contribution in [-0.4, -0.2) is 69.9 Å². The SMILES string of the molecule is CN1C[C@@H](O)[C@@H](O)[C@H](O)[C@@H](O)C1. The summed E-state index contributed by atoms with van der Waals surface area (Å²) in [5, 5.41) is 37.0. The third-order valence-electron chi connectivity index (χ3n) is 2.14. The maximum absolute atomic E-state index is 9.25. The van der Waals surface area contributed by atoms with Crippen LogP contribution in [0.4, 0.5) is 0 Å². The molecule has 1 fully saturated rings. The van der Waals surface area contributed by atoms with Crippen LogP contribution >= 0.6 is 0 Å². The first kappa shape index (κ1) is 9.88. The van der Waals surface area contributed by atoms with E-state index in [2.05, 4.69) is 0 Å². The minimum Gasteiger partial charge on any atom is -0.389 e. The van der Waals surface area contributed by atoms with Crippen LogP contribution in [0.25, 0.3) is 0 Å². The van der Waals surface area contributed by atoms with Crippen molar-refractivity contribution in [2.45, 2.75) is 24.4 Å². The van der Waals surface area contributed by atoms with Crippen LogP contribution in [-0.2, 0) is 0 Å². The second-order valence-corrected chi connectivity index (χ2v) is 3.34. The largest absolute Gasteiger partial charge is 0.389 e. The summed E-state index contributed by atoms with van der Waals surface area (Å²) in [6, 6.07) is 0. The highest BCUT2D eigenvalue weighted by molar-refractivity contribution is 4.87. The molecule has 1 saturated heterocycles. The molecule has 4 N–H and O–H groups in total. The van der Waals surface area contributed by atoms with Gasteiger partial charge in [-0.2, -0.15) is 0 Å². The van der Waals surface area contributed by atoms with Crippen molar-refractivity contribution < 1.29 is 20.4 Å². The van der Waals surface area contributed by atoms with Crippen molar-refractivity contribution in [3.8, 4) is 0 Å². The molecule has 0 aliphatic carbocycles. The molecule has 1 heterocycles. The third kappa shape index (κ3) is 1.94. The summed E-state index contributed by atoms with van der Waals surface area (Å²) < 4.78 is 0. The molecule has 72 valence electrons. The van der Waals surface area contributed by atoms with Crippen LogP contribution in [0.5, 0.6) is 0 Å². The van der Waals surface area contributed by atoms with Gasteiger partial charge in [0.15, 0.2) is 0 Å². The highest BCUT2D eigenvalue weighted by atomic mass is 16.4. The zero-order valence-corrected chi connectivity index (χ0v) is 6.96. The van der Waals surface area contributed by atoms with Crippen LogP contribution < -0.4 is 0 Å². The number of likely N-dealkylation sites (tertiary alicyclic amines) is 1. The molecule has 0 amide bonds. The number of β-amino-alcohol motifs (C(OH)–C–C–N with tert-alkyl or cyclic N) is 2. The molecule has 12 heavy (non-hydrogen) atoms. The van der Waals surface area contributed by atoms with E-state index in [-0.39, 0.29) is 13.1 Å². The lowest BCUT2D eigenvalue weighted by Crippen LogP contribution is -2.43. The molecular weight excluding hydrogens is 162 g/mol. The molecule has 1 rings (SSSR count). The minimum absolute atomic E-state index is 0.259. The molecule has 0 saturated carbocycles. The predicted molar refractivity (Wildman–Crippen MR) is 41.5 cm³/mol. The standard InChI is InChI=1S/C7H15NO4/c1-8-2-4(9)6(11)7(12)5(10)3-8/h4-7,9-12H,2-3H2,1H3/t4-,5+,6-,7-/m1/s1. The van der Waals surface area contributed by atoms with Gasteiger partial charge in [-0.15, -0.1) is 0 Å². The highest BCUT2D eigenvalue weighted by Crippen LogP contribution is 2.11. The summed E-state index contributed by atoms with van der Waals surface area (Å²) in [4.78, 5) is 1.66.